The number of halogens is 3. The molecular formula is C15H13Br2ClN2O. The van der Waals surface area contributed by atoms with Gasteiger partial charge < -0.3 is 4.74 Å². The van der Waals surface area contributed by atoms with Crippen molar-refractivity contribution in [3.8, 4) is 5.75 Å². The molecule has 2 aromatic carbocycles. The third-order valence-electron chi connectivity index (χ3n) is 2.56. The van der Waals surface area contributed by atoms with Crippen molar-refractivity contribution in [2.45, 2.75) is 6.92 Å². The second-order valence-corrected chi connectivity index (χ2v) is 6.27. The minimum atomic E-state index is 0.614. The standard InChI is InChI=1S/C15H13Br2ClN2O/c1-2-21-15-13(16)7-10(8-14(15)17)9-19-20-12-5-3-11(18)4-6-12/h3-9,20H,2H2,1H3/b19-9+. The zero-order valence-corrected chi connectivity index (χ0v) is 15.2. The van der Waals surface area contributed by atoms with Gasteiger partial charge in [-0.3, -0.25) is 5.43 Å². The number of benzene rings is 2. The number of nitrogens with one attached hydrogen (secondary N) is 1. The fourth-order valence-electron chi connectivity index (χ4n) is 1.64. The first-order valence-corrected chi connectivity index (χ1v) is 8.23. The van der Waals surface area contributed by atoms with Gasteiger partial charge >= 0.3 is 0 Å². The molecule has 0 aromatic heterocycles. The first kappa shape index (κ1) is 16.3. The summed E-state index contributed by atoms with van der Waals surface area (Å²) >= 11 is 12.8. The van der Waals surface area contributed by atoms with Crippen molar-refractivity contribution in [3.63, 3.8) is 0 Å². The summed E-state index contributed by atoms with van der Waals surface area (Å²) in [7, 11) is 0. The van der Waals surface area contributed by atoms with E-state index >= 15 is 0 Å². The van der Waals surface area contributed by atoms with Gasteiger partial charge in [-0.05, 0) is 80.7 Å². The molecule has 0 saturated heterocycles. The summed E-state index contributed by atoms with van der Waals surface area (Å²) in [4.78, 5) is 0. The summed E-state index contributed by atoms with van der Waals surface area (Å²) in [6.45, 7) is 2.56. The lowest BCUT2D eigenvalue weighted by Crippen LogP contribution is -1.96. The highest BCUT2D eigenvalue weighted by Gasteiger charge is 2.07. The van der Waals surface area contributed by atoms with Crippen LogP contribution in [0.1, 0.15) is 12.5 Å². The van der Waals surface area contributed by atoms with Crippen molar-refractivity contribution in [1.29, 1.82) is 0 Å². The van der Waals surface area contributed by atoms with Crippen molar-refractivity contribution < 1.29 is 4.74 Å². The van der Waals surface area contributed by atoms with Crippen molar-refractivity contribution in [2.24, 2.45) is 5.10 Å². The number of hydrazone groups is 1. The Morgan fingerprint density at radius 1 is 1.19 bits per heavy atom. The zero-order valence-electron chi connectivity index (χ0n) is 11.2. The summed E-state index contributed by atoms with van der Waals surface area (Å²) in [5, 5.41) is 4.90. The molecule has 0 amide bonds. The Balaban J connectivity index is 2.09. The van der Waals surface area contributed by atoms with Crippen LogP contribution in [0.4, 0.5) is 5.69 Å². The lowest BCUT2D eigenvalue weighted by molar-refractivity contribution is 0.336. The van der Waals surface area contributed by atoms with Crippen LogP contribution in [0, 0.1) is 0 Å². The highest BCUT2D eigenvalue weighted by Crippen LogP contribution is 2.34. The van der Waals surface area contributed by atoms with Crippen LogP contribution >= 0.6 is 43.5 Å². The third kappa shape index (κ3) is 4.73. The fraction of sp³-hybridized carbons (Fsp3) is 0.133. The molecule has 0 fully saturated rings. The van der Waals surface area contributed by atoms with Crippen LogP contribution in [-0.2, 0) is 0 Å². The van der Waals surface area contributed by atoms with Gasteiger partial charge in [-0.1, -0.05) is 11.6 Å². The van der Waals surface area contributed by atoms with Gasteiger partial charge in [0.25, 0.3) is 0 Å². The molecule has 110 valence electrons. The lowest BCUT2D eigenvalue weighted by atomic mass is 10.2. The van der Waals surface area contributed by atoms with Crippen LogP contribution in [0.15, 0.2) is 50.4 Å². The van der Waals surface area contributed by atoms with Crippen LogP contribution in [-0.4, -0.2) is 12.8 Å². The average molecular weight is 433 g/mol. The number of ether oxygens (including phenoxy) is 1. The molecule has 2 rings (SSSR count). The predicted molar refractivity (Wildman–Crippen MR) is 95.7 cm³/mol. The molecule has 0 aliphatic rings. The molecule has 0 heterocycles. The Bertz CT molecular complexity index is 622. The summed E-state index contributed by atoms with van der Waals surface area (Å²) in [5.41, 5.74) is 4.77. The van der Waals surface area contributed by atoms with Crippen molar-refractivity contribution in [1.82, 2.24) is 0 Å². The van der Waals surface area contributed by atoms with Crippen molar-refractivity contribution >= 4 is 55.4 Å². The van der Waals surface area contributed by atoms with E-state index in [1.54, 1.807) is 6.21 Å². The molecule has 0 atom stereocenters. The molecule has 0 aliphatic heterocycles. The van der Waals surface area contributed by atoms with Crippen LogP contribution in [0.2, 0.25) is 5.02 Å². The number of hydrogen-bond acceptors (Lipinski definition) is 3. The summed E-state index contributed by atoms with van der Waals surface area (Å²) in [6.07, 6.45) is 1.74. The topological polar surface area (TPSA) is 33.6 Å². The maximum Gasteiger partial charge on any atom is 0.147 e. The first-order valence-electron chi connectivity index (χ1n) is 6.26. The second-order valence-electron chi connectivity index (χ2n) is 4.12. The smallest absolute Gasteiger partial charge is 0.147 e. The van der Waals surface area contributed by atoms with E-state index in [-0.39, 0.29) is 0 Å². The molecule has 1 N–H and O–H groups in total. The minimum absolute atomic E-state index is 0.614. The normalized spacial score (nSPS) is 10.9. The highest BCUT2D eigenvalue weighted by atomic mass is 79.9. The highest BCUT2D eigenvalue weighted by molar-refractivity contribution is 9.11. The van der Waals surface area contributed by atoms with Gasteiger partial charge in [-0.2, -0.15) is 5.10 Å². The molecule has 0 radical (unpaired) electrons. The molecule has 2 aromatic rings. The predicted octanol–water partition coefficient (Wildman–Crippen LogP) is 5.71. The van der Waals surface area contributed by atoms with Crippen molar-refractivity contribution in [3.05, 3.63) is 55.9 Å². The molecule has 0 aliphatic carbocycles. The quantitative estimate of drug-likeness (QED) is 0.485. The monoisotopic (exact) mass is 430 g/mol. The van der Waals surface area contributed by atoms with E-state index in [9.17, 15) is 0 Å². The van der Waals surface area contributed by atoms with E-state index in [2.05, 4.69) is 42.4 Å². The minimum Gasteiger partial charge on any atom is -0.492 e. The largest absolute Gasteiger partial charge is 0.492 e. The molecule has 0 bridgehead atoms. The number of rotatable bonds is 5. The Labute approximate surface area is 145 Å². The second kappa shape index (κ2) is 7.82. The van der Waals surface area contributed by atoms with Crippen LogP contribution in [0.5, 0.6) is 5.75 Å². The number of nitrogens with zero attached hydrogens (tertiary/aromatic N) is 1. The van der Waals surface area contributed by atoms with Crippen LogP contribution in [0.3, 0.4) is 0 Å². The molecular weight excluding hydrogens is 419 g/mol. The van der Waals surface area contributed by atoms with Crippen LogP contribution < -0.4 is 10.2 Å². The molecule has 0 spiro atoms. The van der Waals surface area contributed by atoms with E-state index in [0.29, 0.717) is 11.6 Å². The Hall–Kier alpha value is -1.04. The maximum absolute atomic E-state index is 5.83. The number of anilines is 1. The Morgan fingerprint density at radius 3 is 2.38 bits per heavy atom. The lowest BCUT2D eigenvalue weighted by Gasteiger charge is -2.09. The van der Waals surface area contributed by atoms with Crippen molar-refractivity contribution in [2.75, 3.05) is 12.0 Å². The molecule has 21 heavy (non-hydrogen) atoms. The van der Waals surface area contributed by atoms with Gasteiger partial charge in [-0.15, -0.1) is 0 Å². The first-order chi connectivity index (χ1) is 10.1. The summed E-state index contributed by atoms with van der Waals surface area (Å²) in [6, 6.07) is 11.2. The Kier molecular flexibility index (Phi) is 6.08. The third-order valence-corrected chi connectivity index (χ3v) is 3.99. The molecule has 0 unspecified atom stereocenters. The van der Waals surface area contributed by atoms with Gasteiger partial charge in [0.1, 0.15) is 5.75 Å². The van der Waals surface area contributed by atoms with Gasteiger partial charge in [0, 0.05) is 5.02 Å². The maximum atomic E-state index is 5.83. The molecule has 0 saturated carbocycles. The molecule has 6 heteroatoms. The van der Waals surface area contributed by atoms with Gasteiger partial charge in [0.05, 0.1) is 27.5 Å². The van der Waals surface area contributed by atoms with Crippen LogP contribution in [0.25, 0.3) is 0 Å². The molecule has 3 nitrogen and oxygen atoms in total. The fourth-order valence-corrected chi connectivity index (χ4v) is 3.22. The van der Waals surface area contributed by atoms with Gasteiger partial charge in [-0.25, -0.2) is 0 Å². The zero-order chi connectivity index (χ0) is 15.2. The average Bonchev–Trinajstić information content (AvgIpc) is 2.45. The van der Waals surface area contributed by atoms with Gasteiger partial charge in [0.15, 0.2) is 0 Å². The Morgan fingerprint density at radius 2 is 1.81 bits per heavy atom. The summed E-state index contributed by atoms with van der Waals surface area (Å²) < 4.78 is 7.30. The van der Waals surface area contributed by atoms with E-state index < -0.39 is 0 Å². The number of hydrogen-bond donors (Lipinski definition) is 1. The van der Waals surface area contributed by atoms with E-state index in [1.807, 2.05) is 43.3 Å². The summed E-state index contributed by atoms with van der Waals surface area (Å²) in [5.74, 6) is 0.792. The van der Waals surface area contributed by atoms with E-state index in [4.69, 9.17) is 16.3 Å². The van der Waals surface area contributed by atoms with E-state index in [1.165, 1.54) is 0 Å². The van der Waals surface area contributed by atoms with E-state index in [0.717, 1.165) is 25.9 Å². The van der Waals surface area contributed by atoms with Gasteiger partial charge in [0.2, 0.25) is 0 Å². The SMILES string of the molecule is CCOc1c(Br)cc(/C=N/Nc2ccc(Cl)cc2)cc1Br.